The minimum Gasteiger partial charge on any atom is -0.490 e. The largest absolute Gasteiger partial charge is 0.490 e. The normalized spacial score (nSPS) is 13.4. The van der Waals surface area contributed by atoms with E-state index in [2.05, 4.69) is 0 Å². The highest BCUT2D eigenvalue weighted by Gasteiger charge is 2.41. The van der Waals surface area contributed by atoms with Crippen LogP contribution in [0.5, 0.6) is 11.5 Å². The summed E-state index contributed by atoms with van der Waals surface area (Å²) >= 11 is 5.66. The van der Waals surface area contributed by atoms with Crippen LogP contribution in [-0.4, -0.2) is 23.5 Å². The number of hydrogen-bond acceptors (Lipinski definition) is 5. The Kier molecular flexibility index (Phi) is 7.98. The zero-order valence-corrected chi connectivity index (χ0v) is 22.4. The van der Waals surface area contributed by atoms with Crippen molar-refractivity contribution in [1.82, 2.24) is 0 Å². The molecule has 8 heteroatoms. The predicted molar refractivity (Wildman–Crippen MR) is 157 cm³/mol. The standard InChI is InChI=1S/C32H25FN2O4S/c1-2-38-29-20-23(15-18-28(29)39-21-22-13-16-24(33)17-14-22)19-27-30(36)34(25-9-5-3-6-10-25)32(40)35(31(27)37)26-11-7-4-8-12-26/h3-20H,2,21H2,1H3. The fourth-order valence-corrected chi connectivity index (χ4v) is 4.63. The van der Waals surface area contributed by atoms with E-state index in [0.717, 1.165) is 5.56 Å². The smallest absolute Gasteiger partial charge is 0.270 e. The Morgan fingerprint density at radius 2 is 1.32 bits per heavy atom. The van der Waals surface area contributed by atoms with Crippen molar-refractivity contribution in [3.8, 4) is 11.5 Å². The van der Waals surface area contributed by atoms with Gasteiger partial charge in [0.25, 0.3) is 11.8 Å². The lowest BCUT2D eigenvalue weighted by Gasteiger charge is -2.36. The summed E-state index contributed by atoms with van der Waals surface area (Å²) in [6, 6.07) is 29.2. The minimum atomic E-state index is -0.525. The van der Waals surface area contributed by atoms with Gasteiger partial charge in [-0.1, -0.05) is 54.6 Å². The molecule has 1 aliphatic rings. The third-order valence-electron chi connectivity index (χ3n) is 6.16. The number of hydrogen-bond donors (Lipinski definition) is 0. The summed E-state index contributed by atoms with van der Waals surface area (Å²) in [5.74, 6) is -0.441. The number of ether oxygens (including phenoxy) is 2. The number of benzene rings is 4. The highest BCUT2D eigenvalue weighted by Crippen LogP contribution is 2.33. The number of rotatable bonds is 8. The molecule has 0 saturated carbocycles. The molecule has 0 N–H and O–H groups in total. The van der Waals surface area contributed by atoms with Crippen LogP contribution in [0.3, 0.4) is 0 Å². The fraction of sp³-hybridized carbons (Fsp3) is 0.0938. The van der Waals surface area contributed by atoms with Gasteiger partial charge in [-0.2, -0.15) is 0 Å². The summed E-state index contributed by atoms with van der Waals surface area (Å²) in [7, 11) is 0. The van der Waals surface area contributed by atoms with Crippen molar-refractivity contribution < 1.29 is 23.5 Å². The Morgan fingerprint density at radius 1 is 0.750 bits per heavy atom. The second-order valence-electron chi connectivity index (χ2n) is 8.85. The number of nitrogens with zero attached hydrogens (tertiary/aromatic N) is 2. The van der Waals surface area contributed by atoms with E-state index < -0.39 is 11.8 Å². The van der Waals surface area contributed by atoms with Gasteiger partial charge in [-0.05, 0) is 84.9 Å². The van der Waals surface area contributed by atoms with Crippen LogP contribution in [0.1, 0.15) is 18.1 Å². The van der Waals surface area contributed by atoms with Gasteiger partial charge in [-0.25, -0.2) is 4.39 Å². The lowest BCUT2D eigenvalue weighted by molar-refractivity contribution is -0.120. The lowest BCUT2D eigenvalue weighted by Crippen LogP contribution is -2.56. The Labute approximate surface area is 236 Å². The Morgan fingerprint density at radius 3 is 1.88 bits per heavy atom. The number of anilines is 2. The molecule has 0 aliphatic carbocycles. The van der Waals surface area contributed by atoms with E-state index in [1.165, 1.54) is 28.0 Å². The van der Waals surface area contributed by atoms with Gasteiger partial charge in [0.15, 0.2) is 16.6 Å². The van der Waals surface area contributed by atoms with Crippen LogP contribution in [0, 0.1) is 5.82 Å². The van der Waals surface area contributed by atoms with Crippen LogP contribution in [0.4, 0.5) is 15.8 Å². The van der Waals surface area contributed by atoms with Gasteiger partial charge in [0.1, 0.15) is 18.0 Å². The average molecular weight is 553 g/mol. The molecule has 6 nitrogen and oxygen atoms in total. The molecule has 0 bridgehead atoms. The van der Waals surface area contributed by atoms with Crippen molar-refractivity contribution in [2.24, 2.45) is 0 Å². The predicted octanol–water partition coefficient (Wildman–Crippen LogP) is 6.55. The highest BCUT2D eigenvalue weighted by atomic mass is 32.1. The maximum atomic E-state index is 13.7. The molecule has 200 valence electrons. The molecular formula is C32H25FN2O4S. The third kappa shape index (κ3) is 5.62. The minimum absolute atomic E-state index is 0.0521. The molecule has 40 heavy (non-hydrogen) atoms. The first-order chi connectivity index (χ1) is 19.5. The summed E-state index contributed by atoms with van der Waals surface area (Å²) in [4.78, 5) is 30.2. The monoisotopic (exact) mass is 552 g/mol. The molecule has 1 heterocycles. The number of amides is 2. The number of halogens is 1. The molecule has 5 rings (SSSR count). The van der Waals surface area contributed by atoms with Crippen LogP contribution in [0.25, 0.3) is 6.08 Å². The maximum Gasteiger partial charge on any atom is 0.270 e. The van der Waals surface area contributed by atoms with E-state index in [1.807, 2.05) is 19.1 Å². The second kappa shape index (κ2) is 11.9. The van der Waals surface area contributed by atoms with Crippen molar-refractivity contribution in [2.45, 2.75) is 13.5 Å². The lowest BCUT2D eigenvalue weighted by atomic mass is 10.0. The first-order valence-corrected chi connectivity index (χ1v) is 13.1. The molecule has 0 unspecified atom stereocenters. The summed E-state index contributed by atoms with van der Waals surface area (Å²) < 4.78 is 25.0. The molecular weight excluding hydrogens is 527 g/mol. The Hall–Kier alpha value is -4.82. The Bertz CT molecular complexity index is 1510. The first-order valence-electron chi connectivity index (χ1n) is 12.6. The van der Waals surface area contributed by atoms with Crippen LogP contribution >= 0.6 is 12.2 Å². The van der Waals surface area contributed by atoms with Crippen LogP contribution in [0.2, 0.25) is 0 Å². The number of para-hydroxylation sites is 2. The van der Waals surface area contributed by atoms with E-state index in [-0.39, 0.29) is 23.1 Å². The molecule has 2 amide bonds. The third-order valence-corrected chi connectivity index (χ3v) is 6.53. The second-order valence-corrected chi connectivity index (χ2v) is 9.21. The molecule has 4 aromatic rings. The zero-order chi connectivity index (χ0) is 28.1. The molecule has 1 fully saturated rings. The van der Waals surface area contributed by atoms with Crippen LogP contribution in [0.15, 0.2) is 109 Å². The molecule has 0 radical (unpaired) electrons. The molecule has 0 aromatic heterocycles. The van der Waals surface area contributed by atoms with Crippen molar-refractivity contribution >= 4 is 46.6 Å². The molecule has 1 aliphatic heterocycles. The van der Waals surface area contributed by atoms with Crippen molar-refractivity contribution in [3.63, 3.8) is 0 Å². The number of thiocarbonyl (C=S) groups is 1. The van der Waals surface area contributed by atoms with Crippen LogP contribution in [-0.2, 0) is 16.2 Å². The van der Waals surface area contributed by atoms with Crippen molar-refractivity contribution in [1.29, 1.82) is 0 Å². The maximum absolute atomic E-state index is 13.7. The zero-order valence-electron chi connectivity index (χ0n) is 21.6. The molecule has 0 atom stereocenters. The van der Waals surface area contributed by atoms with Gasteiger partial charge >= 0.3 is 0 Å². The fourth-order valence-electron chi connectivity index (χ4n) is 4.25. The summed E-state index contributed by atoms with van der Waals surface area (Å²) in [5, 5.41) is 0.0732. The SMILES string of the molecule is CCOc1cc(C=C2C(=O)N(c3ccccc3)C(=S)N(c3ccccc3)C2=O)ccc1OCc1ccc(F)cc1. The van der Waals surface area contributed by atoms with E-state index >= 15 is 0 Å². The van der Waals surface area contributed by atoms with Crippen LogP contribution < -0.4 is 19.3 Å². The average Bonchev–Trinajstić information content (AvgIpc) is 2.97. The van der Waals surface area contributed by atoms with E-state index in [4.69, 9.17) is 21.7 Å². The van der Waals surface area contributed by atoms with Gasteiger partial charge in [-0.15, -0.1) is 0 Å². The summed E-state index contributed by atoms with van der Waals surface area (Å²) in [6.07, 6.45) is 1.53. The first kappa shape index (κ1) is 26.8. The van der Waals surface area contributed by atoms with Gasteiger partial charge in [0.2, 0.25) is 0 Å². The van der Waals surface area contributed by atoms with Crippen molar-refractivity contribution in [2.75, 3.05) is 16.4 Å². The quantitative estimate of drug-likeness (QED) is 0.141. The number of carbonyl (C=O) groups is 2. The number of carbonyl (C=O) groups excluding carboxylic acids is 2. The van der Waals surface area contributed by atoms with Crippen molar-refractivity contribution in [3.05, 3.63) is 126 Å². The van der Waals surface area contributed by atoms with E-state index in [0.29, 0.717) is 35.0 Å². The highest BCUT2D eigenvalue weighted by molar-refractivity contribution is 7.81. The summed E-state index contributed by atoms with van der Waals surface area (Å²) in [5.41, 5.74) is 2.42. The van der Waals surface area contributed by atoms with E-state index in [1.54, 1.807) is 78.9 Å². The topological polar surface area (TPSA) is 59.1 Å². The molecule has 4 aromatic carbocycles. The van der Waals surface area contributed by atoms with E-state index in [9.17, 15) is 14.0 Å². The van der Waals surface area contributed by atoms with Gasteiger partial charge in [0, 0.05) is 0 Å². The summed E-state index contributed by atoms with van der Waals surface area (Å²) in [6.45, 7) is 2.44. The molecule has 0 spiro atoms. The van der Waals surface area contributed by atoms with Gasteiger partial charge < -0.3 is 9.47 Å². The van der Waals surface area contributed by atoms with Gasteiger partial charge in [0.05, 0.1) is 18.0 Å². The molecule has 1 saturated heterocycles. The van der Waals surface area contributed by atoms with Gasteiger partial charge in [-0.3, -0.25) is 19.4 Å². The Balaban J connectivity index is 1.51.